The van der Waals surface area contributed by atoms with Gasteiger partial charge in [0, 0.05) is 6.42 Å². The number of Topliss-reactive ketones (excluding diaryl/α,β-unsaturated/α-hetero) is 1. The van der Waals surface area contributed by atoms with Gasteiger partial charge < -0.3 is 14.8 Å². The molecular formula is C19H17ClN2O5S. The fourth-order valence-corrected chi connectivity index (χ4v) is 4.17. The van der Waals surface area contributed by atoms with Crippen LogP contribution >= 0.6 is 22.9 Å². The van der Waals surface area contributed by atoms with E-state index in [9.17, 15) is 14.4 Å². The second-order valence-electron chi connectivity index (χ2n) is 6.69. The van der Waals surface area contributed by atoms with Crippen molar-refractivity contribution in [2.45, 2.75) is 18.9 Å². The first-order chi connectivity index (χ1) is 13.4. The minimum atomic E-state index is -1.30. The van der Waals surface area contributed by atoms with Crippen LogP contribution in [0.1, 0.15) is 28.6 Å². The molecule has 146 valence electrons. The van der Waals surface area contributed by atoms with Crippen molar-refractivity contribution in [3.05, 3.63) is 45.1 Å². The topological polar surface area (TPSA) is 84.9 Å². The number of nitrogens with zero attached hydrogens (tertiary/aromatic N) is 1. The first kappa shape index (κ1) is 18.8. The number of thiophene rings is 1. The van der Waals surface area contributed by atoms with Gasteiger partial charge in [0.15, 0.2) is 17.3 Å². The number of carbonyl (C=O) groups excluding carboxylic acids is 3. The van der Waals surface area contributed by atoms with Gasteiger partial charge in [0.25, 0.3) is 5.91 Å². The number of benzene rings is 1. The van der Waals surface area contributed by atoms with Crippen molar-refractivity contribution in [3.8, 4) is 11.5 Å². The summed E-state index contributed by atoms with van der Waals surface area (Å²) in [5.41, 5.74) is -0.737. The molecule has 3 heterocycles. The zero-order valence-electron chi connectivity index (χ0n) is 15.0. The Morgan fingerprint density at radius 2 is 1.96 bits per heavy atom. The summed E-state index contributed by atoms with van der Waals surface area (Å²) in [6.07, 6.45) is 0.763. The van der Waals surface area contributed by atoms with Crippen LogP contribution < -0.4 is 14.8 Å². The van der Waals surface area contributed by atoms with Crippen molar-refractivity contribution in [1.29, 1.82) is 0 Å². The normalized spacial score (nSPS) is 21.4. The van der Waals surface area contributed by atoms with Gasteiger partial charge in [-0.2, -0.15) is 0 Å². The third kappa shape index (κ3) is 3.22. The van der Waals surface area contributed by atoms with Crippen LogP contribution in [0.15, 0.2) is 30.3 Å². The van der Waals surface area contributed by atoms with Gasteiger partial charge >= 0.3 is 6.03 Å². The number of fused-ring (bicyclic) bond motifs is 1. The summed E-state index contributed by atoms with van der Waals surface area (Å²) >= 11 is 6.97. The van der Waals surface area contributed by atoms with Crippen LogP contribution in [0.25, 0.3) is 0 Å². The summed E-state index contributed by atoms with van der Waals surface area (Å²) in [5.74, 6) is 0.288. The van der Waals surface area contributed by atoms with E-state index >= 15 is 0 Å². The summed E-state index contributed by atoms with van der Waals surface area (Å²) in [6, 6.07) is 7.71. The van der Waals surface area contributed by atoms with Crippen LogP contribution in [0, 0.1) is 0 Å². The molecule has 7 nitrogen and oxygen atoms in total. The molecule has 2 aliphatic rings. The van der Waals surface area contributed by atoms with Crippen molar-refractivity contribution >= 4 is 40.7 Å². The Morgan fingerprint density at radius 1 is 1.21 bits per heavy atom. The zero-order valence-corrected chi connectivity index (χ0v) is 16.6. The number of nitrogens with one attached hydrogen (secondary N) is 1. The molecule has 1 aromatic carbocycles. The molecule has 2 aromatic rings. The number of ketones is 1. The molecule has 0 aliphatic carbocycles. The number of carbonyl (C=O) groups is 3. The Labute approximate surface area is 170 Å². The van der Waals surface area contributed by atoms with E-state index in [2.05, 4.69) is 5.32 Å². The number of rotatable bonds is 4. The largest absolute Gasteiger partial charge is 0.490 e. The molecule has 1 atom stereocenters. The van der Waals surface area contributed by atoms with Gasteiger partial charge in [-0.3, -0.25) is 14.5 Å². The quantitative estimate of drug-likeness (QED) is 0.606. The minimum absolute atomic E-state index is 0.344. The van der Waals surface area contributed by atoms with Crippen LogP contribution in [0.2, 0.25) is 4.34 Å². The van der Waals surface area contributed by atoms with Crippen molar-refractivity contribution in [2.24, 2.45) is 0 Å². The molecule has 1 fully saturated rings. The highest BCUT2D eigenvalue weighted by molar-refractivity contribution is 7.18. The molecule has 1 N–H and O–H groups in total. The maximum atomic E-state index is 13.0. The number of urea groups is 1. The monoisotopic (exact) mass is 420 g/mol. The molecule has 0 spiro atoms. The van der Waals surface area contributed by atoms with E-state index in [1.807, 2.05) is 0 Å². The SMILES string of the molecule is C[C@@]1(c2ccc3c(c2)OCCCO3)NC(=O)N(CC(=O)c2ccc(Cl)s2)C1=O. The van der Waals surface area contributed by atoms with Crippen LogP contribution in [0.4, 0.5) is 4.79 Å². The Hall–Kier alpha value is -2.58. The van der Waals surface area contributed by atoms with Crippen LogP contribution in [-0.2, 0) is 10.3 Å². The number of ether oxygens (including phenoxy) is 2. The van der Waals surface area contributed by atoms with E-state index in [1.165, 1.54) is 0 Å². The first-order valence-corrected chi connectivity index (χ1v) is 9.91. The lowest BCUT2D eigenvalue weighted by Crippen LogP contribution is -2.41. The highest BCUT2D eigenvalue weighted by Crippen LogP contribution is 2.36. The highest BCUT2D eigenvalue weighted by Gasteiger charge is 2.49. The molecule has 28 heavy (non-hydrogen) atoms. The molecule has 3 amide bonds. The van der Waals surface area contributed by atoms with Gasteiger partial charge in [-0.15, -0.1) is 11.3 Å². The number of halogens is 1. The Balaban J connectivity index is 1.59. The molecule has 0 saturated carbocycles. The smallest absolute Gasteiger partial charge is 0.325 e. The van der Waals surface area contributed by atoms with Crippen molar-refractivity contribution in [2.75, 3.05) is 19.8 Å². The third-order valence-electron chi connectivity index (χ3n) is 4.75. The Kier molecular flexibility index (Phi) is 4.76. The Morgan fingerprint density at radius 3 is 2.68 bits per heavy atom. The molecule has 1 aromatic heterocycles. The minimum Gasteiger partial charge on any atom is -0.490 e. The van der Waals surface area contributed by atoms with E-state index < -0.39 is 17.5 Å². The average molecular weight is 421 g/mol. The summed E-state index contributed by atoms with van der Waals surface area (Å²) < 4.78 is 11.8. The summed E-state index contributed by atoms with van der Waals surface area (Å²) in [4.78, 5) is 39.2. The number of amides is 3. The lowest BCUT2D eigenvalue weighted by molar-refractivity contribution is -0.130. The summed E-state index contributed by atoms with van der Waals surface area (Å²) in [6.45, 7) is 2.33. The van der Waals surface area contributed by atoms with Gasteiger partial charge in [-0.25, -0.2) is 4.79 Å². The van der Waals surface area contributed by atoms with Crippen LogP contribution in [0.3, 0.4) is 0 Å². The van der Waals surface area contributed by atoms with Gasteiger partial charge in [0.2, 0.25) is 0 Å². The molecular weight excluding hydrogens is 404 g/mol. The standard InChI is InChI=1S/C19H17ClN2O5S/c1-19(11-3-4-13-14(9-11)27-8-2-7-26-13)17(24)22(18(25)21-19)10-12(23)15-5-6-16(20)28-15/h3-6,9H,2,7-8,10H2,1H3,(H,21,25)/t19-/m0/s1. The molecule has 1 saturated heterocycles. The van der Waals surface area contributed by atoms with Gasteiger partial charge in [-0.05, 0) is 36.8 Å². The van der Waals surface area contributed by atoms with Crippen molar-refractivity contribution in [1.82, 2.24) is 10.2 Å². The molecule has 9 heteroatoms. The number of hydrogen-bond acceptors (Lipinski definition) is 6. The molecule has 4 rings (SSSR count). The van der Waals surface area contributed by atoms with Gasteiger partial charge in [0.1, 0.15) is 5.54 Å². The summed E-state index contributed by atoms with van der Waals surface area (Å²) in [7, 11) is 0. The maximum absolute atomic E-state index is 13.0. The fourth-order valence-electron chi connectivity index (χ4n) is 3.20. The molecule has 0 unspecified atom stereocenters. The molecule has 0 bridgehead atoms. The fraction of sp³-hybridized carbons (Fsp3) is 0.316. The third-order valence-corrected chi connectivity index (χ3v) is 6.02. The van der Waals surface area contributed by atoms with Crippen molar-refractivity contribution < 1.29 is 23.9 Å². The van der Waals surface area contributed by atoms with E-state index in [-0.39, 0.29) is 12.3 Å². The lowest BCUT2D eigenvalue weighted by Gasteiger charge is -2.23. The maximum Gasteiger partial charge on any atom is 0.325 e. The number of hydrogen-bond donors (Lipinski definition) is 1. The van der Waals surface area contributed by atoms with Gasteiger partial charge in [0.05, 0.1) is 29.0 Å². The zero-order chi connectivity index (χ0) is 19.9. The van der Waals surface area contributed by atoms with E-state index in [4.69, 9.17) is 21.1 Å². The highest BCUT2D eigenvalue weighted by atomic mass is 35.5. The predicted octanol–water partition coefficient (Wildman–Crippen LogP) is 3.21. The first-order valence-electron chi connectivity index (χ1n) is 8.71. The van der Waals surface area contributed by atoms with Crippen LogP contribution in [-0.4, -0.2) is 42.4 Å². The summed E-state index contributed by atoms with van der Waals surface area (Å²) in [5, 5.41) is 2.70. The average Bonchev–Trinajstić information content (AvgIpc) is 3.08. The predicted molar refractivity (Wildman–Crippen MR) is 103 cm³/mol. The second-order valence-corrected chi connectivity index (χ2v) is 8.40. The molecule has 0 radical (unpaired) electrons. The van der Waals surface area contributed by atoms with E-state index in [0.29, 0.717) is 39.5 Å². The van der Waals surface area contributed by atoms with Crippen LogP contribution in [0.5, 0.6) is 11.5 Å². The number of imide groups is 1. The lowest BCUT2D eigenvalue weighted by atomic mass is 9.91. The molecule has 2 aliphatic heterocycles. The van der Waals surface area contributed by atoms with Gasteiger partial charge in [-0.1, -0.05) is 17.7 Å². The van der Waals surface area contributed by atoms with E-state index in [0.717, 1.165) is 22.7 Å². The Bertz CT molecular complexity index is 975. The van der Waals surface area contributed by atoms with Crippen molar-refractivity contribution in [3.63, 3.8) is 0 Å². The van der Waals surface area contributed by atoms with E-state index in [1.54, 1.807) is 37.3 Å². The second kappa shape index (κ2) is 7.10.